The zero-order valence-corrected chi connectivity index (χ0v) is 10.8. The first-order valence-electron chi connectivity index (χ1n) is 6.38. The molecule has 0 spiro atoms. The van der Waals surface area contributed by atoms with Crippen LogP contribution in [0.1, 0.15) is 19.3 Å². The van der Waals surface area contributed by atoms with E-state index < -0.39 is 0 Å². The van der Waals surface area contributed by atoms with Crippen molar-refractivity contribution in [3.63, 3.8) is 0 Å². The van der Waals surface area contributed by atoms with E-state index in [9.17, 15) is 4.79 Å². The van der Waals surface area contributed by atoms with Gasteiger partial charge in [0, 0.05) is 39.1 Å². The van der Waals surface area contributed by atoms with Crippen LogP contribution in [0.5, 0.6) is 0 Å². The smallest absolute Gasteiger partial charge is 0.222 e. The number of hydrogen-bond donors (Lipinski definition) is 0. The zero-order chi connectivity index (χ0) is 12.8. The van der Waals surface area contributed by atoms with Crippen molar-refractivity contribution >= 4 is 5.91 Å². The van der Waals surface area contributed by atoms with Crippen molar-refractivity contribution in [1.29, 1.82) is 0 Å². The van der Waals surface area contributed by atoms with Crippen molar-refractivity contribution in [2.45, 2.75) is 25.8 Å². The van der Waals surface area contributed by atoms with Gasteiger partial charge in [-0.3, -0.25) is 9.48 Å². The number of amides is 1. The minimum Gasteiger partial charge on any atom is -0.384 e. The molecule has 1 atom stereocenters. The van der Waals surface area contributed by atoms with Crippen LogP contribution >= 0.6 is 0 Å². The van der Waals surface area contributed by atoms with Gasteiger partial charge in [-0.1, -0.05) is 0 Å². The molecule has 1 saturated heterocycles. The minimum absolute atomic E-state index is 0.244. The van der Waals surface area contributed by atoms with Crippen LogP contribution in [0, 0.1) is 5.92 Å². The van der Waals surface area contributed by atoms with Crippen molar-refractivity contribution in [2.24, 2.45) is 5.92 Å². The lowest BCUT2D eigenvalue weighted by Gasteiger charge is -2.16. The van der Waals surface area contributed by atoms with Crippen LogP contribution in [0.25, 0.3) is 0 Å². The van der Waals surface area contributed by atoms with E-state index in [-0.39, 0.29) is 5.91 Å². The Morgan fingerprint density at radius 2 is 2.44 bits per heavy atom. The Morgan fingerprint density at radius 1 is 1.56 bits per heavy atom. The first-order valence-corrected chi connectivity index (χ1v) is 6.38. The van der Waals surface area contributed by atoms with Crippen molar-refractivity contribution in [3.05, 3.63) is 12.7 Å². The summed E-state index contributed by atoms with van der Waals surface area (Å²) in [7, 11) is 1.71. The van der Waals surface area contributed by atoms with Gasteiger partial charge in [0.15, 0.2) is 0 Å². The molecule has 0 saturated carbocycles. The standard InChI is InChI=1S/C12H20N4O2/c1-18-8-11-4-6-15(7-11)12(17)3-2-5-16-10-13-9-14-16/h9-11H,2-8H2,1H3/t11-/m0/s1. The number of carbonyl (C=O) groups excluding carboxylic acids is 1. The molecular weight excluding hydrogens is 232 g/mol. The number of likely N-dealkylation sites (tertiary alicyclic amines) is 1. The fraction of sp³-hybridized carbons (Fsp3) is 0.750. The van der Waals surface area contributed by atoms with Crippen molar-refractivity contribution < 1.29 is 9.53 Å². The van der Waals surface area contributed by atoms with Crippen LogP contribution in [0.15, 0.2) is 12.7 Å². The van der Waals surface area contributed by atoms with Crippen LogP contribution in [-0.4, -0.2) is 52.4 Å². The van der Waals surface area contributed by atoms with Gasteiger partial charge < -0.3 is 9.64 Å². The Bertz CT molecular complexity index is 366. The van der Waals surface area contributed by atoms with Gasteiger partial charge in [0.05, 0.1) is 6.61 Å². The highest BCUT2D eigenvalue weighted by Crippen LogP contribution is 2.17. The average molecular weight is 252 g/mol. The molecule has 6 heteroatoms. The predicted octanol–water partition coefficient (Wildman–Crippen LogP) is 0.553. The lowest BCUT2D eigenvalue weighted by molar-refractivity contribution is -0.130. The quantitative estimate of drug-likeness (QED) is 0.742. The number of aromatic nitrogens is 3. The number of ether oxygens (including phenoxy) is 1. The maximum atomic E-state index is 12.0. The van der Waals surface area contributed by atoms with E-state index in [0.717, 1.165) is 39.1 Å². The molecule has 1 amide bonds. The summed E-state index contributed by atoms with van der Waals surface area (Å²) in [5.41, 5.74) is 0. The number of carbonyl (C=O) groups is 1. The summed E-state index contributed by atoms with van der Waals surface area (Å²) in [5.74, 6) is 0.753. The molecule has 1 fully saturated rings. The highest BCUT2D eigenvalue weighted by molar-refractivity contribution is 5.76. The Hall–Kier alpha value is -1.43. The van der Waals surface area contributed by atoms with Crippen LogP contribution in [0.2, 0.25) is 0 Å². The van der Waals surface area contributed by atoms with E-state index in [4.69, 9.17) is 4.74 Å². The third kappa shape index (κ3) is 3.53. The summed E-state index contributed by atoms with van der Waals surface area (Å²) in [6.45, 7) is 3.22. The van der Waals surface area contributed by atoms with Gasteiger partial charge in [0.25, 0.3) is 0 Å². The maximum Gasteiger partial charge on any atom is 0.222 e. The molecule has 1 aliphatic heterocycles. The molecule has 0 radical (unpaired) electrons. The van der Waals surface area contributed by atoms with Gasteiger partial charge in [-0.25, -0.2) is 4.98 Å². The highest BCUT2D eigenvalue weighted by Gasteiger charge is 2.25. The maximum absolute atomic E-state index is 12.0. The second kappa shape index (κ2) is 6.49. The molecule has 1 aliphatic rings. The molecule has 1 aromatic rings. The molecule has 0 aliphatic carbocycles. The van der Waals surface area contributed by atoms with Gasteiger partial charge in [-0.05, 0) is 12.8 Å². The van der Waals surface area contributed by atoms with Crippen LogP contribution in [0.4, 0.5) is 0 Å². The molecule has 18 heavy (non-hydrogen) atoms. The van der Waals surface area contributed by atoms with Gasteiger partial charge in [0.2, 0.25) is 5.91 Å². The molecular formula is C12H20N4O2. The molecule has 1 aromatic heterocycles. The Morgan fingerprint density at radius 3 is 3.17 bits per heavy atom. The van der Waals surface area contributed by atoms with E-state index in [0.29, 0.717) is 12.3 Å². The minimum atomic E-state index is 0.244. The monoisotopic (exact) mass is 252 g/mol. The lowest BCUT2D eigenvalue weighted by Crippen LogP contribution is -2.29. The summed E-state index contributed by atoms with van der Waals surface area (Å²) in [6.07, 6.45) is 5.64. The lowest BCUT2D eigenvalue weighted by atomic mass is 10.1. The van der Waals surface area contributed by atoms with E-state index in [2.05, 4.69) is 10.1 Å². The van der Waals surface area contributed by atoms with E-state index in [1.165, 1.54) is 6.33 Å². The molecule has 6 nitrogen and oxygen atoms in total. The van der Waals surface area contributed by atoms with Crippen LogP contribution < -0.4 is 0 Å². The highest BCUT2D eigenvalue weighted by atomic mass is 16.5. The van der Waals surface area contributed by atoms with Crippen LogP contribution in [-0.2, 0) is 16.1 Å². The molecule has 0 unspecified atom stereocenters. The largest absolute Gasteiger partial charge is 0.384 e. The van der Waals surface area contributed by atoms with Gasteiger partial charge in [-0.2, -0.15) is 5.10 Å². The molecule has 0 bridgehead atoms. The van der Waals surface area contributed by atoms with Gasteiger partial charge in [-0.15, -0.1) is 0 Å². The number of rotatable bonds is 6. The molecule has 100 valence electrons. The van der Waals surface area contributed by atoms with Crippen molar-refractivity contribution in [3.8, 4) is 0 Å². The second-order valence-corrected chi connectivity index (χ2v) is 4.71. The zero-order valence-electron chi connectivity index (χ0n) is 10.8. The first-order chi connectivity index (χ1) is 8.79. The number of aryl methyl sites for hydroxylation is 1. The van der Waals surface area contributed by atoms with Crippen molar-refractivity contribution in [1.82, 2.24) is 19.7 Å². The summed E-state index contributed by atoms with van der Waals surface area (Å²) in [6, 6.07) is 0. The van der Waals surface area contributed by atoms with Gasteiger partial charge in [0.1, 0.15) is 12.7 Å². The van der Waals surface area contributed by atoms with E-state index in [1.54, 1.807) is 18.1 Å². The van der Waals surface area contributed by atoms with Gasteiger partial charge >= 0.3 is 0 Å². The Kier molecular flexibility index (Phi) is 4.69. The average Bonchev–Trinajstić information content (AvgIpc) is 3.00. The molecule has 2 rings (SSSR count). The van der Waals surface area contributed by atoms with Crippen molar-refractivity contribution in [2.75, 3.05) is 26.8 Å². The molecule has 2 heterocycles. The second-order valence-electron chi connectivity index (χ2n) is 4.71. The number of hydrogen-bond acceptors (Lipinski definition) is 4. The SMILES string of the molecule is COC[C@H]1CCN(C(=O)CCCn2cncn2)C1. The number of nitrogens with zero attached hydrogens (tertiary/aromatic N) is 4. The first kappa shape index (κ1) is 13.0. The van der Waals surface area contributed by atoms with E-state index >= 15 is 0 Å². The normalized spacial score (nSPS) is 19.4. The predicted molar refractivity (Wildman–Crippen MR) is 65.8 cm³/mol. The third-order valence-electron chi connectivity index (χ3n) is 3.29. The fourth-order valence-electron chi connectivity index (χ4n) is 2.33. The number of methoxy groups -OCH3 is 1. The fourth-order valence-corrected chi connectivity index (χ4v) is 2.33. The summed E-state index contributed by atoms with van der Waals surface area (Å²) in [4.78, 5) is 17.8. The topological polar surface area (TPSA) is 60.2 Å². The Balaban J connectivity index is 1.66. The molecule has 0 aromatic carbocycles. The summed E-state index contributed by atoms with van der Waals surface area (Å²) < 4.78 is 6.88. The summed E-state index contributed by atoms with van der Waals surface area (Å²) >= 11 is 0. The Labute approximate surface area is 107 Å². The summed E-state index contributed by atoms with van der Waals surface area (Å²) in [5, 5.41) is 4.01. The molecule has 0 N–H and O–H groups in total. The van der Waals surface area contributed by atoms with Crippen LogP contribution in [0.3, 0.4) is 0 Å². The third-order valence-corrected chi connectivity index (χ3v) is 3.29. The van der Waals surface area contributed by atoms with E-state index in [1.807, 2.05) is 4.90 Å².